The summed E-state index contributed by atoms with van der Waals surface area (Å²) in [6, 6.07) is 2.74. The van der Waals surface area contributed by atoms with Crippen molar-refractivity contribution in [1.29, 1.82) is 10.5 Å². The standard InChI is InChI=1S/C10H4F5N3O/c11-9(12)7-5(1-2-16)4-18-6(3-17)8(7)19-10(13,14)15/h4,9H,1H2. The van der Waals surface area contributed by atoms with Gasteiger partial charge in [-0.25, -0.2) is 13.8 Å². The van der Waals surface area contributed by atoms with Crippen molar-refractivity contribution in [1.82, 2.24) is 4.98 Å². The lowest BCUT2D eigenvalue weighted by Crippen LogP contribution is -2.20. The van der Waals surface area contributed by atoms with Crippen molar-refractivity contribution in [3.8, 4) is 17.9 Å². The van der Waals surface area contributed by atoms with Gasteiger partial charge in [-0.15, -0.1) is 13.2 Å². The van der Waals surface area contributed by atoms with Gasteiger partial charge in [0.15, 0.2) is 11.4 Å². The van der Waals surface area contributed by atoms with Crippen LogP contribution in [0.25, 0.3) is 0 Å². The summed E-state index contributed by atoms with van der Waals surface area (Å²) in [6.07, 6.45) is -8.41. The highest BCUT2D eigenvalue weighted by Crippen LogP contribution is 2.37. The van der Waals surface area contributed by atoms with E-state index in [1.807, 2.05) is 0 Å². The van der Waals surface area contributed by atoms with Gasteiger partial charge in [-0.1, -0.05) is 0 Å². The van der Waals surface area contributed by atoms with Gasteiger partial charge in [-0.2, -0.15) is 10.5 Å². The Bertz CT molecular complexity index is 556. The van der Waals surface area contributed by atoms with Crippen LogP contribution < -0.4 is 4.74 Å². The molecule has 0 bridgehead atoms. The van der Waals surface area contributed by atoms with Gasteiger partial charge in [-0.05, 0) is 5.56 Å². The fourth-order valence-electron chi connectivity index (χ4n) is 1.31. The molecule has 0 unspecified atom stereocenters. The number of hydrogen-bond acceptors (Lipinski definition) is 4. The quantitative estimate of drug-likeness (QED) is 0.796. The molecule has 0 saturated carbocycles. The number of halogens is 5. The monoisotopic (exact) mass is 277 g/mol. The second-order valence-electron chi connectivity index (χ2n) is 3.17. The minimum atomic E-state index is -5.25. The summed E-state index contributed by atoms with van der Waals surface area (Å²) in [5.41, 5.74) is -2.49. The van der Waals surface area contributed by atoms with E-state index in [1.54, 1.807) is 0 Å². The highest BCUT2D eigenvalue weighted by molar-refractivity contribution is 5.49. The van der Waals surface area contributed by atoms with Gasteiger partial charge in [0.2, 0.25) is 0 Å². The zero-order chi connectivity index (χ0) is 14.6. The number of nitriles is 2. The Morgan fingerprint density at radius 3 is 2.37 bits per heavy atom. The number of aromatic nitrogens is 1. The van der Waals surface area contributed by atoms with E-state index in [2.05, 4.69) is 9.72 Å². The molecule has 0 amide bonds. The maximum atomic E-state index is 12.8. The van der Waals surface area contributed by atoms with Crippen LogP contribution >= 0.6 is 0 Å². The second kappa shape index (κ2) is 5.48. The van der Waals surface area contributed by atoms with E-state index in [0.717, 1.165) is 6.20 Å². The lowest BCUT2D eigenvalue weighted by Gasteiger charge is -2.15. The van der Waals surface area contributed by atoms with Gasteiger partial charge in [-0.3, -0.25) is 0 Å². The molecule has 19 heavy (non-hydrogen) atoms. The van der Waals surface area contributed by atoms with Crippen molar-refractivity contribution in [3.05, 3.63) is 23.0 Å². The van der Waals surface area contributed by atoms with Crippen molar-refractivity contribution in [3.63, 3.8) is 0 Å². The average Bonchev–Trinajstić information content (AvgIpc) is 2.27. The lowest BCUT2D eigenvalue weighted by molar-refractivity contribution is -0.275. The molecule has 0 radical (unpaired) electrons. The molecule has 4 nitrogen and oxygen atoms in total. The Morgan fingerprint density at radius 2 is 1.95 bits per heavy atom. The van der Waals surface area contributed by atoms with Crippen molar-refractivity contribution >= 4 is 0 Å². The molecule has 0 aromatic carbocycles. The van der Waals surface area contributed by atoms with E-state index in [1.165, 1.54) is 12.1 Å². The molecule has 0 fully saturated rings. The van der Waals surface area contributed by atoms with Crippen LogP contribution in [-0.2, 0) is 6.42 Å². The van der Waals surface area contributed by atoms with E-state index in [9.17, 15) is 22.0 Å². The van der Waals surface area contributed by atoms with Crippen LogP contribution in [0, 0.1) is 22.7 Å². The molecule has 0 spiro atoms. The van der Waals surface area contributed by atoms with E-state index in [4.69, 9.17) is 10.5 Å². The molecule has 9 heteroatoms. The first kappa shape index (κ1) is 14.6. The maximum Gasteiger partial charge on any atom is 0.573 e. The molecular weight excluding hydrogens is 273 g/mol. The van der Waals surface area contributed by atoms with Crippen LogP contribution in [0.1, 0.15) is 23.2 Å². The topological polar surface area (TPSA) is 69.7 Å². The maximum absolute atomic E-state index is 12.8. The Labute approximate surface area is 103 Å². The number of alkyl halides is 5. The molecule has 0 aliphatic rings. The summed E-state index contributed by atoms with van der Waals surface area (Å²) in [5.74, 6) is -1.36. The second-order valence-corrected chi connectivity index (χ2v) is 3.17. The van der Waals surface area contributed by atoms with Crippen LogP contribution in [-0.4, -0.2) is 11.3 Å². The van der Waals surface area contributed by atoms with Crippen molar-refractivity contribution in [2.24, 2.45) is 0 Å². The van der Waals surface area contributed by atoms with Gasteiger partial charge < -0.3 is 4.74 Å². The molecule has 0 aliphatic heterocycles. The Morgan fingerprint density at radius 1 is 1.32 bits per heavy atom. The summed E-state index contributed by atoms with van der Waals surface area (Å²) in [5, 5.41) is 17.0. The minimum Gasteiger partial charge on any atom is -0.402 e. The average molecular weight is 277 g/mol. The molecule has 0 atom stereocenters. The molecule has 0 N–H and O–H groups in total. The highest BCUT2D eigenvalue weighted by Gasteiger charge is 2.36. The van der Waals surface area contributed by atoms with Crippen LogP contribution in [0.5, 0.6) is 5.75 Å². The van der Waals surface area contributed by atoms with Crippen molar-refractivity contribution in [2.75, 3.05) is 0 Å². The van der Waals surface area contributed by atoms with E-state index < -0.39 is 41.8 Å². The third-order valence-electron chi connectivity index (χ3n) is 1.97. The molecule has 0 aliphatic carbocycles. The number of rotatable bonds is 3. The summed E-state index contributed by atoms with van der Waals surface area (Å²) in [7, 11) is 0. The van der Waals surface area contributed by atoms with Crippen LogP contribution in [0.3, 0.4) is 0 Å². The van der Waals surface area contributed by atoms with Crippen LogP contribution in [0.2, 0.25) is 0 Å². The van der Waals surface area contributed by atoms with Crippen molar-refractivity contribution in [2.45, 2.75) is 19.2 Å². The van der Waals surface area contributed by atoms with Gasteiger partial charge >= 0.3 is 6.36 Å². The number of pyridine rings is 1. The third-order valence-corrected chi connectivity index (χ3v) is 1.97. The van der Waals surface area contributed by atoms with Gasteiger partial charge in [0.25, 0.3) is 6.43 Å². The van der Waals surface area contributed by atoms with Gasteiger partial charge in [0.1, 0.15) is 6.07 Å². The molecular formula is C10H4F5N3O. The van der Waals surface area contributed by atoms with Crippen molar-refractivity contribution < 1.29 is 26.7 Å². The summed E-state index contributed by atoms with van der Waals surface area (Å²) < 4.78 is 65.5. The van der Waals surface area contributed by atoms with Gasteiger partial charge in [0.05, 0.1) is 18.1 Å². The Hall–Kier alpha value is -2.42. The Kier molecular flexibility index (Phi) is 4.22. The largest absolute Gasteiger partial charge is 0.573 e. The van der Waals surface area contributed by atoms with E-state index >= 15 is 0 Å². The number of hydrogen-bond donors (Lipinski definition) is 0. The minimum absolute atomic E-state index is 0.421. The predicted molar refractivity (Wildman–Crippen MR) is 49.9 cm³/mol. The van der Waals surface area contributed by atoms with E-state index in [0.29, 0.717) is 0 Å². The zero-order valence-corrected chi connectivity index (χ0v) is 9.00. The number of nitrogens with zero attached hydrogens (tertiary/aromatic N) is 3. The fourth-order valence-corrected chi connectivity index (χ4v) is 1.31. The third kappa shape index (κ3) is 3.52. The Balaban J connectivity index is 3.50. The first-order valence-electron chi connectivity index (χ1n) is 4.63. The molecule has 0 saturated heterocycles. The summed E-state index contributed by atoms with van der Waals surface area (Å²) in [6.45, 7) is 0. The molecule has 1 heterocycles. The normalized spacial score (nSPS) is 10.9. The molecule has 1 aromatic rings. The van der Waals surface area contributed by atoms with Gasteiger partial charge in [0, 0.05) is 6.20 Å². The first-order valence-corrected chi connectivity index (χ1v) is 4.63. The van der Waals surface area contributed by atoms with E-state index in [-0.39, 0.29) is 0 Å². The molecule has 1 rings (SSSR count). The SMILES string of the molecule is N#CCc1cnc(C#N)c(OC(F)(F)F)c1C(F)F. The predicted octanol–water partition coefficient (Wildman–Crippen LogP) is 2.86. The fraction of sp³-hybridized carbons (Fsp3) is 0.300. The first-order chi connectivity index (χ1) is 8.80. The smallest absolute Gasteiger partial charge is 0.402 e. The lowest BCUT2D eigenvalue weighted by atomic mass is 10.1. The summed E-state index contributed by atoms with van der Waals surface area (Å²) in [4.78, 5) is 3.27. The zero-order valence-electron chi connectivity index (χ0n) is 9.00. The summed E-state index contributed by atoms with van der Waals surface area (Å²) >= 11 is 0. The molecule has 1 aromatic heterocycles. The number of ether oxygens (including phenoxy) is 1. The molecule has 100 valence electrons. The van der Waals surface area contributed by atoms with Crippen LogP contribution in [0.15, 0.2) is 6.20 Å². The van der Waals surface area contributed by atoms with Crippen LogP contribution in [0.4, 0.5) is 22.0 Å². The highest BCUT2D eigenvalue weighted by atomic mass is 19.4.